The quantitative estimate of drug-likeness (QED) is 0.331. The van der Waals surface area contributed by atoms with E-state index < -0.39 is 26.2 Å². The molecule has 0 amide bonds. The Hall–Kier alpha value is -0.0562. The third-order valence-electron chi connectivity index (χ3n) is 1.28. The van der Waals surface area contributed by atoms with E-state index in [9.17, 15) is 0 Å². The Morgan fingerprint density at radius 3 is 1.05 bits per heavy atom. The summed E-state index contributed by atoms with van der Waals surface area (Å²) in [7, 11) is -8.85. The summed E-state index contributed by atoms with van der Waals surface area (Å²) >= 11 is 0. The van der Waals surface area contributed by atoms with Crippen molar-refractivity contribution in [2.75, 3.05) is 26.4 Å². The maximum atomic E-state index is 8.88. The Morgan fingerprint density at radius 2 is 0.955 bits per heavy atom. The zero-order valence-corrected chi connectivity index (χ0v) is 16.1. The Bertz CT molecular complexity index is 272. The third kappa shape index (κ3) is 28.2. The second kappa shape index (κ2) is 19.0. The SMILES string of the molecule is CCO[Si](OCC)(OCC)OCC.N.O=P(O)(O)O.O=[Si]=O. The molecule has 136 valence electrons. The Balaban J connectivity index is -0.000000151. The van der Waals surface area contributed by atoms with Crippen molar-refractivity contribution in [2.24, 2.45) is 0 Å². The average molecular weight is 383 g/mol. The van der Waals surface area contributed by atoms with Crippen LogP contribution in [0, 0.1) is 0 Å². The van der Waals surface area contributed by atoms with Crippen molar-refractivity contribution in [3.8, 4) is 0 Å². The molecule has 22 heavy (non-hydrogen) atoms. The van der Waals surface area contributed by atoms with Gasteiger partial charge in [-0.15, -0.1) is 0 Å². The van der Waals surface area contributed by atoms with Gasteiger partial charge in [-0.05, 0) is 27.7 Å². The minimum Gasteiger partial charge on any atom is -0.351 e. The van der Waals surface area contributed by atoms with E-state index in [1.165, 1.54) is 0 Å². The molecule has 0 saturated carbocycles. The zero-order chi connectivity index (χ0) is 17.4. The summed E-state index contributed by atoms with van der Waals surface area (Å²) in [5, 5.41) is 0. The van der Waals surface area contributed by atoms with Crippen LogP contribution >= 0.6 is 7.82 Å². The van der Waals surface area contributed by atoms with Gasteiger partial charge >= 0.3 is 26.2 Å². The zero-order valence-electron chi connectivity index (χ0n) is 13.2. The Labute approximate surface area is 133 Å². The van der Waals surface area contributed by atoms with E-state index in [-0.39, 0.29) is 6.15 Å². The van der Waals surface area contributed by atoms with Gasteiger partial charge in [0.1, 0.15) is 0 Å². The molecule has 0 aromatic rings. The van der Waals surface area contributed by atoms with E-state index in [1.807, 2.05) is 27.7 Å². The molecule has 0 saturated heterocycles. The van der Waals surface area contributed by atoms with Gasteiger partial charge in [-0.1, -0.05) is 0 Å². The van der Waals surface area contributed by atoms with Crippen molar-refractivity contribution in [1.29, 1.82) is 0 Å². The van der Waals surface area contributed by atoms with E-state index in [0.717, 1.165) is 0 Å². The van der Waals surface area contributed by atoms with Gasteiger partial charge in [0.15, 0.2) is 0 Å². The van der Waals surface area contributed by atoms with Gasteiger partial charge < -0.3 is 38.5 Å². The van der Waals surface area contributed by atoms with Crippen molar-refractivity contribution in [3.63, 3.8) is 0 Å². The third-order valence-corrected chi connectivity index (χ3v) is 3.85. The van der Waals surface area contributed by atoms with Crippen molar-refractivity contribution >= 4 is 26.2 Å². The smallest absolute Gasteiger partial charge is 0.351 e. The summed E-state index contributed by atoms with van der Waals surface area (Å²) in [5.41, 5.74) is 0. The van der Waals surface area contributed by atoms with Crippen LogP contribution in [0.1, 0.15) is 27.7 Å². The highest BCUT2D eigenvalue weighted by Crippen LogP contribution is 2.25. The van der Waals surface area contributed by atoms with Crippen LogP contribution in [0.3, 0.4) is 0 Å². The molecule has 0 bridgehead atoms. The molecule has 0 fully saturated rings. The van der Waals surface area contributed by atoms with Crippen LogP contribution in [0.25, 0.3) is 0 Å². The maximum Gasteiger partial charge on any atom is 0.679 e. The molecular weight excluding hydrogens is 357 g/mol. The summed E-state index contributed by atoms with van der Waals surface area (Å²) < 4.78 is 47.4. The summed E-state index contributed by atoms with van der Waals surface area (Å²) in [6, 6.07) is 0. The molecule has 0 rings (SSSR count). The van der Waals surface area contributed by atoms with Crippen LogP contribution < -0.4 is 6.15 Å². The van der Waals surface area contributed by atoms with Crippen LogP contribution in [0.4, 0.5) is 0 Å². The van der Waals surface area contributed by atoms with Gasteiger partial charge in [0.25, 0.3) is 0 Å². The lowest BCUT2D eigenvalue weighted by atomic mass is 10.9. The largest absolute Gasteiger partial charge is 0.679 e. The topological polar surface area (TPSA) is 184 Å². The molecule has 0 heterocycles. The fourth-order valence-corrected chi connectivity index (χ4v) is 2.87. The number of hydrogen-bond donors (Lipinski definition) is 4. The van der Waals surface area contributed by atoms with Crippen LogP contribution in [0.5, 0.6) is 0 Å². The predicted octanol–water partition coefficient (Wildman–Crippen LogP) is 0.183. The first-order valence-corrected chi connectivity index (χ1v) is 10.0. The molecule has 0 unspecified atom stereocenters. The van der Waals surface area contributed by atoms with E-state index in [2.05, 4.69) is 0 Å². The summed E-state index contributed by atoms with van der Waals surface area (Å²) in [6.45, 7) is 9.80. The second-order valence-electron chi connectivity index (χ2n) is 2.83. The maximum absolute atomic E-state index is 8.88. The normalized spacial score (nSPS) is 10.1. The molecule has 14 heteroatoms. The standard InChI is InChI=1S/C8H20O4Si.H3N.H3O4P.O2Si/c1-5-9-13(10-6-2,11-7-3)12-8-4;;1-5(2,3)4;1-3-2/h5-8H2,1-4H3;1H3;(H3,1,2,3,4);. The molecule has 0 aliphatic heterocycles. The summed E-state index contributed by atoms with van der Waals surface area (Å²) in [5.74, 6) is 0. The first-order valence-electron chi connectivity index (χ1n) is 5.99. The molecule has 0 radical (unpaired) electrons. The number of rotatable bonds is 8. The monoisotopic (exact) mass is 383 g/mol. The van der Waals surface area contributed by atoms with Gasteiger partial charge in [-0.2, -0.15) is 0 Å². The molecule has 0 spiro atoms. The van der Waals surface area contributed by atoms with Gasteiger partial charge in [0, 0.05) is 26.4 Å². The summed E-state index contributed by atoms with van der Waals surface area (Å²) in [4.78, 5) is 21.6. The van der Waals surface area contributed by atoms with Crippen LogP contribution in [0.15, 0.2) is 0 Å². The lowest BCUT2D eigenvalue weighted by Crippen LogP contribution is -2.49. The molecular formula is C8H26NO10PSi2. The van der Waals surface area contributed by atoms with Gasteiger partial charge in [0.05, 0.1) is 0 Å². The van der Waals surface area contributed by atoms with E-state index in [4.69, 9.17) is 45.9 Å². The lowest BCUT2D eigenvalue weighted by molar-refractivity contribution is -0.0247. The Morgan fingerprint density at radius 1 is 0.818 bits per heavy atom. The fourth-order valence-electron chi connectivity index (χ4n) is 0.957. The predicted molar refractivity (Wildman–Crippen MR) is 78.7 cm³/mol. The minimum absolute atomic E-state index is 0. The van der Waals surface area contributed by atoms with Gasteiger partial charge in [-0.25, -0.2) is 4.57 Å². The fraction of sp³-hybridized carbons (Fsp3) is 1.00. The first kappa shape index (κ1) is 29.9. The highest BCUT2D eigenvalue weighted by molar-refractivity contribution is 7.45. The van der Waals surface area contributed by atoms with E-state index in [0.29, 0.717) is 26.4 Å². The van der Waals surface area contributed by atoms with Crippen molar-refractivity contribution < 1.29 is 45.9 Å². The van der Waals surface area contributed by atoms with Crippen LogP contribution in [-0.4, -0.2) is 59.4 Å². The van der Waals surface area contributed by atoms with E-state index in [1.54, 1.807) is 0 Å². The minimum atomic E-state index is -4.64. The molecule has 0 aromatic carbocycles. The second-order valence-corrected chi connectivity index (χ2v) is 6.18. The van der Waals surface area contributed by atoms with Crippen molar-refractivity contribution in [3.05, 3.63) is 0 Å². The number of phosphoric acid groups is 1. The van der Waals surface area contributed by atoms with Gasteiger partial charge in [-0.3, -0.25) is 8.92 Å². The molecule has 0 aliphatic rings. The van der Waals surface area contributed by atoms with E-state index >= 15 is 0 Å². The molecule has 0 aromatic heterocycles. The summed E-state index contributed by atoms with van der Waals surface area (Å²) in [6.07, 6.45) is 0. The average Bonchev–Trinajstić information content (AvgIpc) is 2.29. The van der Waals surface area contributed by atoms with Gasteiger partial charge in [0.2, 0.25) is 0 Å². The van der Waals surface area contributed by atoms with Crippen LogP contribution in [-0.2, 0) is 31.2 Å². The van der Waals surface area contributed by atoms with Crippen LogP contribution in [0.2, 0.25) is 0 Å². The highest BCUT2D eigenvalue weighted by Gasteiger charge is 2.44. The first-order chi connectivity index (χ1) is 9.66. The number of hydrogen-bond acceptors (Lipinski definition) is 8. The lowest BCUT2D eigenvalue weighted by Gasteiger charge is -2.26. The van der Waals surface area contributed by atoms with Crippen molar-refractivity contribution in [2.45, 2.75) is 27.7 Å². The highest BCUT2D eigenvalue weighted by atomic mass is 31.2. The molecule has 6 N–H and O–H groups in total. The Kier molecular flexibility index (Phi) is 25.8. The molecule has 0 aliphatic carbocycles. The van der Waals surface area contributed by atoms with Crippen molar-refractivity contribution in [1.82, 2.24) is 6.15 Å². The molecule has 0 atom stereocenters. The molecule has 11 nitrogen and oxygen atoms in total.